The van der Waals surface area contributed by atoms with Gasteiger partial charge in [0.15, 0.2) is 0 Å². The monoisotopic (exact) mass is 181 g/mol. The Labute approximate surface area is 78.5 Å². The third-order valence-corrected chi connectivity index (χ3v) is 2.56. The summed E-state index contributed by atoms with van der Waals surface area (Å²) in [6.07, 6.45) is 9.38. The number of carboxylic acids is 1. The van der Waals surface area contributed by atoms with Crippen LogP contribution in [0.25, 0.3) is 0 Å². The Balaban J connectivity index is 2.46. The summed E-state index contributed by atoms with van der Waals surface area (Å²) in [5.41, 5.74) is 0. The second kappa shape index (κ2) is 4.88. The topological polar surface area (TPSA) is 49.3 Å². The van der Waals surface area contributed by atoms with Gasteiger partial charge in [0.1, 0.15) is 6.04 Å². The van der Waals surface area contributed by atoms with Crippen molar-refractivity contribution in [2.45, 2.75) is 31.7 Å². The molecular formula is C10H15NO2. The van der Waals surface area contributed by atoms with Gasteiger partial charge in [0.2, 0.25) is 0 Å². The molecule has 0 aliphatic heterocycles. The molecule has 1 fully saturated rings. The summed E-state index contributed by atoms with van der Waals surface area (Å²) in [5, 5.41) is 11.8. The van der Waals surface area contributed by atoms with Crippen molar-refractivity contribution in [1.82, 2.24) is 5.32 Å². The Morgan fingerprint density at radius 1 is 1.62 bits per heavy atom. The molecule has 0 aromatic carbocycles. The zero-order valence-electron chi connectivity index (χ0n) is 7.62. The van der Waals surface area contributed by atoms with Gasteiger partial charge in [-0.25, -0.2) is 0 Å². The van der Waals surface area contributed by atoms with Crippen LogP contribution in [0.3, 0.4) is 0 Å². The van der Waals surface area contributed by atoms with Gasteiger partial charge < -0.3 is 5.11 Å². The van der Waals surface area contributed by atoms with Crippen LogP contribution in [0.1, 0.15) is 25.7 Å². The smallest absolute Gasteiger partial charge is 0.321 e. The molecule has 72 valence electrons. The van der Waals surface area contributed by atoms with E-state index in [2.05, 4.69) is 11.2 Å². The number of terminal acetylenes is 1. The molecule has 1 rings (SSSR count). The van der Waals surface area contributed by atoms with Crippen molar-refractivity contribution in [3.8, 4) is 12.3 Å². The highest BCUT2D eigenvalue weighted by molar-refractivity contribution is 5.74. The van der Waals surface area contributed by atoms with Gasteiger partial charge in [0, 0.05) is 0 Å². The van der Waals surface area contributed by atoms with Crippen LogP contribution in [0, 0.1) is 18.3 Å². The van der Waals surface area contributed by atoms with Gasteiger partial charge in [0.05, 0.1) is 6.54 Å². The predicted molar refractivity (Wildman–Crippen MR) is 50.2 cm³/mol. The summed E-state index contributed by atoms with van der Waals surface area (Å²) in [4.78, 5) is 10.9. The Hall–Kier alpha value is -1.01. The van der Waals surface area contributed by atoms with E-state index in [1.165, 1.54) is 0 Å². The molecule has 0 saturated heterocycles. The third-order valence-electron chi connectivity index (χ3n) is 2.56. The molecule has 0 amide bonds. The minimum atomic E-state index is -0.776. The quantitative estimate of drug-likeness (QED) is 0.632. The zero-order chi connectivity index (χ0) is 9.68. The molecule has 2 N–H and O–H groups in total. The molecule has 1 aliphatic carbocycles. The minimum absolute atomic E-state index is 0.269. The first-order valence-corrected chi connectivity index (χ1v) is 4.65. The molecular weight excluding hydrogens is 166 g/mol. The van der Waals surface area contributed by atoms with Crippen molar-refractivity contribution >= 4 is 5.97 Å². The average Bonchev–Trinajstić information content (AvgIpc) is 2.57. The van der Waals surface area contributed by atoms with Crippen molar-refractivity contribution in [3.05, 3.63) is 0 Å². The molecule has 1 unspecified atom stereocenters. The molecule has 13 heavy (non-hydrogen) atoms. The average molecular weight is 181 g/mol. The van der Waals surface area contributed by atoms with E-state index < -0.39 is 12.0 Å². The second-order valence-corrected chi connectivity index (χ2v) is 3.45. The first kappa shape index (κ1) is 10.1. The number of nitrogens with one attached hydrogen (secondary N) is 1. The van der Waals surface area contributed by atoms with Gasteiger partial charge >= 0.3 is 5.97 Å². The molecule has 0 spiro atoms. The van der Waals surface area contributed by atoms with Crippen LogP contribution >= 0.6 is 0 Å². The summed E-state index contributed by atoms with van der Waals surface area (Å²) < 4.78 is 0. The summed E-state index contributed by atoms with van der Waals surface area (Å²) in [7, 11) is 0. The summed E-state index contributed by atoms with van der Waals surface area (Å²) in [6.45, 7) is 0.341. The maximum absolute atomic E-state index is 10.9. The van der Waals surface area contributed by atoms with Crippen molar-refractivity contribution in [3.63, 3.8) is 0 Å². The van der Waals surface area contributed by atoms with Gasteiger partial charge in [-0.1, -0.05) is 18.8 Å². The van der Waals surface area contributed by atoms with Gasteiger partial charge in [-0.05, 0) is 18.8 Å². The van der Waals surface area contributed by atoms with Crippen LogP contribution in [0.2, 0.25) is 0 Å². The van der Waals surface area contributed by atoms with Crippen molar-refractivity contribution in [2.24, 2.45) is 5.92 Å². The van der Waals surface area contributed by atoms with Crippen molar-refractivity contribution < 1.29 is 9.90 Å². The first-order chi connectivity index (χ1) is 6.25. The summed E-state index contributed by atoms with van der Waals surface area (Å²) in [5.74, 6) is 1.90. The number of carbonyl (C=O) groups is 1. The molecule has 1 saturated carbocycles. The van der Waals surface area contributed by atoms with Gasteiger partial charge in [0.25, 0.3) is 0 Å². The molecule has 0 bridgehead atoms. The van der Waals surface area contributed by atoms with Crippen LogP contribution in [-0.4, -0.2) is 23.7 Å². The number of hydrogen-bond acceptors (Lipinski definition) is 2. The molecule has 0 heterocycles. The van der Waals surface area contributed by atoms with Gasteiger partial charge in [-0.3, -0.25) is 10.1 Å². The standard InChI is InChI=1S/C10H15NO2/c1-2-7-11-9(10(12)13)8-5-3-4-6-8/h1,8-9,11H,3-7H2,(H,12,13). The van der Waals surface area contributed by atoms with E-state index in [-0.39, 0.29) is 5.92 Å². The Morgan fingerprint density at radius 2 is 2.23 bits per heavy atom. The normalized spacial score (nSPS) is 19.6. The summed E-state index contributed by atoms with van der Waals surface area (Å²) in [6, 6.07) is -0.446. The highest BCUT2D eigenvalue weighted by Crippen LogP contribution is 2.27. The zero-order valence-corrected chi connectivity index (χ0v) is 7.62. The maximum atomic E-state index is 10.9. The largest absolute Gasteiger partial charge is 0.480 e. The van der Waals surface area contributed by atoms with Gasteiger partial charge in [-0.15, -0.1) is 6.42 Å². The molecule has 0 aromatic heterocycles. The second-order valence-electron chi connectivity index (χ2n) is 3.45. The maximum Gasteiger partial charge on any atom is 0.321 e. The van der Waals surface area contributed by atoms with E-state index in [9.17, 15) is 4.79 Å². The van der Waals surface area contributed by atoms with Crippen LogP contribution < -0.4 is 5.32 Å². The molecule has 1 atom stereocenters. The van der Waals surface area contributed by atoms with E-state index in [1.807, 2.05) is 0 Å². The predicted octanol–water partition coefficient (Wildman–Crippen LogP) is 0.853. The highest BCUT2D eigenvalue weighted by atomic mass is 16.4. The lowest BCUT2D eigenvalue weighted by atomic mass is 9.98. The fourth-order valence-corrected chi connectivity index (χ4v) is 1.92. The SMILES string of the molecule is C#CCNC(C(=O)O)C1CCCC1. The first-order valence-electron chi connectivity index (χ1n) is 4.65. The number of hydrogen-bond donors (Lipinski definition) is 2. The Morgan fingerprint density at radius 3 is 2.69 bits per heavy atom. The molecule has 3 nitrogen and oxygen atoms in total. The van der Waals surface area contributed by atoms with Crippen LogP contribution in [0.5, 0.6) is 0 Å². The highest BCUT2D eigenvalue weighted by Gasteiger charge is 2.29. The Bertz CT molecular complexity index is 213. The minimum Gasteiger partial charge on any atom is -0.480 e. The number of aliphatic carboxylic acids is 1. The molecule has 0 aromatic rings. The fraction of sp³-hybridized carbons (Fsp3) is 0.700. The lowest BCUT2D eigenvalue weighted by Gasteiger charge is -2.19. The van der Waals surface area contributed by atoms with E-state index in [0.717, 1.165) is 25.7 Å². The lowest BCUT2D eigenvalue weighted by Crippen LogP contribution is -2.42. The Kier molecular flexibility index (Phi) is 3.78. The third kappa shape index (κ3) is 2.74. The lowest BCUT2D eigenvalue weighted by molar-refractivity contribution is -0.140. The van der Waals surface area contributed by atoms with Crippen molar-refractivity contribution in [1.29, 1.82) is 0 Å². The number of rotatable bonds is 4. The van der Waals surface area contributed by atoms with Crippen LogP contribution in [-0.2, 0) is 4.79 Å². The van der Waals surface area contributed by atoms with E-state index in [0.29, 0.717) is 6.54 Å². The van der Waals surface area contributed by atoms with Crippen LogP contribution in [0.4, 0.5) is 0 Å². The van der Waals surface area contributed by atoms with Crippen molar-refractivity contribution in [2.75, 3.05) is 6.54 Å². The summed E-state index contributed by atoms with van der Waals surface area (Å²) >= 11 is 0. The van der Waals surface area contributed by atoms with Gasteiger partial charge in [-0.2, -0.15) is 0 Å². The molecule has 1 aliphatic rings. The molecule has 0 radical (unpaired) electrons. The molecule has 3 heteroatoms. The fourth-order valence-electron chi connectivity index (χ4n) is 1.92. The van der Waals surface area contributed by atoms with E-state index in [4.69, 9.17) is 11.5 Å². The number of carboxylic acid groups (broad SMARTS) is 1. The van der Waals surface area contributed by atoms with E-state index in [1.54, 1.807) is 0 Å². The van der Waals surface area contributed by atoms with Crippen LogP contribution in [0.15, 0.2) is 0 Å². The van der Waals surface area contributed by atoms with E-state index >= 15 is 0 Å².